The highest BCUT2D eigenvalue weighted by Crippen LogP contribution is 2.06. The molecule has 0 aliphatic rings. The number of hydrogen-bond donors (Lipinski definition) is 2. The fraction of sp³-hybridized carbons (Fsp3) is 0.923. The van der Waals surface area contributed by atoms with E-state index in [2.05, 4.69) is 20.8 Å². The second kappa shape index (κ2) is 19.9. The van der Waals surface area contributed by atoms with Crippen LogP contribution in [-0.2, 0) is 4.79 Å². The van der Waals surface area contributed by atoms with Crippen molar-refractivity contribution < 1.29 is 9.90 Å². The van der Waals surface area contributed by atoms with Gasteiger partial charge in [-0.25, -0.2) is 0 Å². The van der Waals surface area contributed by atoms with Crippen LogP contribution in [0.4, 0.5) is 0 Å². The molecule has 0 aliphatic heterocycles. The molecule has 100 valence electrons. The number of hydrogen-bond acceptors (Lipinski definition) is 2. The average molecular weight is 233 g/mol. The molecule has 16 heavy (non-hydrogen) atoms. The van der Waals surface area contributed by atoms with Crippen LogP contribution in [0.2, 0.25) is 0 Å². The summed E-state index contributed by atoms with van der Waals surface area (Å²) in [5, 5.41) is 8.32. The third kappa shape index (κ3) is 29.2. The Morgan fingerprint density at radius 1 is 0.812 bits per heavy atom. The molecule has 0 aromatic heterocycles. The van der Waals surface area contributed by atoms with E-state index in [-0.39, 0.29) is 6.15 Å². The fourth-order valence-electron chi connectivity index (χ4n) is 1.06. The minimum atomic E-state index is -0.666. The summed E-state index contributed by atoms with van der Waals surface area (Å²) in [6.07, 6.45) is 9.89. The van der Waals surface area contributed by atoms with Crippen molar-refractivity contribution in [1.29, 1.82) is 0 Å². The lowest BCUT2D eigenvalue weighted by Gasteiger charge is -1.97. The number of rotatable bonds is 8. The van der Waals surface area contributed by atoms with E-state index in [0.29, 0.717) is 6.42 Å². The highest BCUT2D eigenvalue weighted by molar-refractivity contribution is 5.66. The van der Waals surface area contributed by atoms with Crippen LogP contribution in [0, 0.1) is 0 Å². The van der Waals surface area contributed by atoms with E-state index in [9.17, 15) is 4.79 Å². The van der Waals surface area contributed by atoms with Crippen molar-refractivity contribution in [2.75, 3.05) is 0 Å². The molecule has 0 radical (unpaired) electrons. The quantitative estimate of drug-likeness (QED) is 0.592. The first-order valence-electron chi connectivity index (χ1n) is 6.40. The monoisotopic (exact) mass is 233 g/mol. The Hall–Kier alpha value is -0.570. The first-order valence-corrected chi connectivity index (χ1v) is 6.40. The summed E-state index contributed by atoms with van der Waals surface area (Å²) in [4.78, 5) is 10.1. The van der Waals surface area contributed by atoms with Gasteiger partial charge in [0.1, 0.15) is 0 Å². The molecule has 0 rings (SSSR count). The maximum absolute atomic E-state index is 10.1. The maximum atomic E-state index is 10.1. The second-order valence-corrected chi connectivity index (χ2v) is 3.91. The van der Waals surface area contributed by atoms with E-state index in [1.54, 1.807) is 0 Å². The van der Waals surface area contributed by atoms with Gasteiger partial charge in [0.15, 0.2) is 0 Å². The lowest BCUT2D eigenvalue weighted by Crippen LogP contribution is -1.93. The van der Waals surface area contributed by atoms with Crippen LogP contribution in [0.25, 0.3) is 0 Å². The Balaban J connectivity index is -0.000000292. The number of unbranched alkanes of at least 4 members (excludes halogenated alkanes) is 6. The molecule has 0 aromatic rings. The van der Waals surface area contributed by atoms with Crippen LogP contribution in [0.15, 0.2) is 0 Å². The lowest BCUT2D eigenvalue weighted by molar-refractivity contribution is -0.137. The summed E-state index contributed by atoms with van der Waals surface area (Å²) in [6, 6.07) is 0. The highest BCUT2D eigenvalue weighted by atomic mass is 16.4. The standard InChI is InChI=1S/C9H18O2.C4H10.H3N/c1-2-3-4-5-6-7-8-9(10)11;1-3-4-2;/h2-8H2,1H3,(H,10,11);3-4H2,1-2H3;1H3. The van der Waals surface area contributed by atoms with Crippen molar-refractivity contribution in [3.63, 3.8) is 0 Å². The summed E-state index contributed by atoms with van der Waals surface area (Å²) >= 11 is 0. The second-order valence-electron chi connectivity index (χ2n) is 3.91. The molecule has 3 heteroatoms. The SMILES string of the molecule is CCCC.CCCCCCCCC(=O)O.N. The Labute approximate surface area is 101 Å². The van der Waals surface area contributed by atoms with E-state index >= 15 is 0 Å². The van der Waals surface area contributed by atoms with Crippen molar-refractivity contribution in [1.82, 2.24) is 6.15 Å². The molecule has 0 spiro atoms. The highest BCUT2D eigenvalue weighted by Gasteiger charge is 1.95. The van der Waals surface area contributed by atoms with Crippen LogP contribution in [0.1, 0.15) is 78.6 Å². The summed E-state index contributed by atoms with van der Waals surface area (Å²) in [6.45, 7) is 6.54. The predicted molar refractivity (Wildman–Crippen MR) is 71.2 cm³/mol. The van der Waals surface area contributed by atoms with Crippen molar-refractivity contribution in [2.45, 2.75) is 78.6 Å². The normalized spacial score (nSPS) is 8.69. The van der Waals surface area contributed by atoms with E-state index in [1.807, 2.05) is 0 Å². The predicted octanol–water partition coefficient (Wildman–Crippen LogP) is 4.79. The van der Waals surface area contributed by atoms with E-state index < -0.39 is 5.97 Å². The number of carbonyl (C=O) groups is 1. The lowest BCUT2D eigenvalue weighted by atomic mass is 10.1. The summed E-state index contributed by atoms with van der Waals surface area (Å²) in [5.74, 6) is -0.666. The van der Waals surface area contributed by atoms with Crippen molar-refractivity contribution >= 4 is 5.97 Å². The molecular weight excluding hydrogens is 202 g/mol. The number of aliphatic carboxylic acids is 1. The molecule has 0 atom stereocenters. The maximum Gasteiger partial charge on any atom is 0.303 e. The minimum absolute atomic E-state index is 0. The largest absolute Gasteiger partial charge is 0.481 e. The molecule has 0 saturated heterocycles. The number of carboxylic acid groups (broad SMARTS) is 1. The van der Waals surface area contributed by atoms with Crippen LogP contribution < -0.4 is 6.15 Å². The zero-order chi connectivity index (χ0) is 11.9. The Bertz CT molecular complexity index is 125. The average Bonchev–Trinajstić information content (AvgIpc) is 2.23. The Morgan fingerprint density at radius 3 is 1.62 bits per heavy atom. The first-order chi connectivity index (χ1) is 7.18. The third-order valence-electron chi connectivity index (χ3n) is 2.24. The van der Waals surface area contributed by atoms with Crippen molar-refractivity contribution in [2.24, 2.45) is 0 Å². The van der Waals surface area contributed by atoms with Gasteiger partial charge in [0, 0.05) is 6.42 Å². The van der Waals surface area contributed by atoms with Gasteiger partial charge in [-0.1, -0.05) is 65.7 Å². The molecule has 4 N–H and O–H groups in total. The van der Waals surface area contributed by atoms with Gasteiger partial charge in [0.2, 0.25) is 0 Å². The van der Waals surface area contributed by atoms with Crippen molar-refractivity contribution in [3.8, 4) is 0 Å². The molecule has 0 bridgehead atoms. The molecule has 3 nitrogen and oxygen atoms in total. The molecule has 0 amide bonds. The number of carboxylic acids is 1. The van der Waals surface area contributed by atoms with Gasteiger partial charge in [0.25, 0.3) is 0 Å². The van der Waals surface area contributed by atoms with Crippen LogP contribution in [-0.4, -0.2) is 11.1 Å². The zero-order valence-corrected chi connectivity index (χ0v) is 11.4. The summed E-state index contributed by atoms with van der Waals surface area (Å²) in [5.41, 5.74) is 0. The first kappa shape index (κ1) is 20.8. The van der Waals surface area contributed by atoms with Crippen molar-refractivity contribution in [3.05, 3.63) is 0 Å². The topological polar surface area (TPSA) is 72.3 Å². The van der Waals surface area contributed by atoms with E-state index in [0.717, 1.165) is 12.8 Å². The van der Waals surface area contributed by atoms with Crippen LogP contribution in [0.5, 0.6) is 0 Å². The van der Waals surface area contributed by atoms with Crippen LogP contribution in [0.3, 0.4) is 0 Å². The molecule has 0 heterocycles. The van der Waals surface area contributed by atoms with Gasteiger partial charge >= 0.3 is 5.97 Å². The van der Waals surface area contributed by atoms with Gasteiger partial charge in [-0.05, 0) is 6.42 Å². The minimum Gasteiger partial charge on any atom is -0.481 e. The molecule has 0 aromatic carbocycles. The Kier molecular flexibility index (Phi) is 25.9. The Morgan fingerprint density at radius 2 is 1.25 bits per heavy atom. The molecule has 0 saturated carbocycles. The van der Waals surface area contributed by atoms with Gasteiger partial charge in [-0.3, -0.25) is 4.79 Å². The smallest absolute Gasteiger partial charge is 0.303 e. The molecule has 0 aliphatic carbocycles. The molecular formula is C13H31NO2. The van der Waals surface area contributed by atoms with Crippen LogP contribution >= 0.6 is 0 Å². The van der Waals surface area contributed by atoms with Gasteiger partial charge in [-0.2, -0.15) is 0 Å². The van der Waals surface area contributed by atoms with E-state index in [1.165, 1.54) is 38.5 Å². The molecule has 0 fully saturated rings. The third-order valence-corrected chi connectivity index (χ3v) is 2.24. The van der Waals surface area contributed by atoms with Gasteiger partial charge in [0.05, 0.1) is 0 Å². The fourth-order valence-corrected chi connectivity index (χ4v) is 1.06. The summed E-state index contributed by atoms with van der Waals surface area (Å²) < 4.78 is 0. The van der Waals surface area contributed by atoms with Gasteiger partial charge < -0.3 is 11.3 Å². The van der Waals surface area contributed by atoms with Gasteiger partial charge in [-0.15, -0.1) is 0 Å². The van der Waals surface area contributed by atoms with E-state index in [4.69, 9.17) is 5.11 Å². The zero-order valence-electron chi connectivity index (χ0n) is 11.4. The summed E-state index contributed by atoms with van der Waals surface area (Å²) in [7, 11) is 0. The molecule has 0 unspecified atom stereocenters.